The van der Waals surface area contributed by atoms with Crippen molar-refractivity contribution in [3.63, 3.8) is 0 Å². The molecule has 4 nitrogen and oxygen atoms in total. The normalized spacial score (nSPS) is 14.8. The summed E-state index contributed by atoms with van der Waals surface area (Å²) in [5.74, 6) is 0.802. The van der Waals surface area contributed by atoms with Crippen LogP contribution < -0.4 is 10.1 Å². The molecular weight excluding hydrogens is 302 g/mol. The molecule has 2 atom stereocenters. The second-order valence-electron chi connectivity index (χ2n) is 6.77. The van der Waals surface area contributed by atoms with E-state index in [1.165, 1.54) is 0 Å². The van der Waals surface area contributed by atoms with Crippen LogP contribution in [-0.2, 0) is 9.53 Å². The predicted molar refractivity (Wildman–Crippen MR) is 99.9 cm³/mol. The Labute approximate surface area is 146 Å². The lowest BCUT2D eigenvalue weighted by atomic mass is 9.97. The summed E-state index contributed by atoms with van der Waals surface area (Å²) in [5.41, 5.74) is 2.03. The Hall–Kier alpha value is -1.55. The molecule has 0 spiro atoms. The SMILES string of the molecule is CCCC[C@](C)(OC)C(=O)Nc1cc(C)c(O[C@@H](C)CC)c(C)c1. The molecule has 0 aromatic heterocycles. The van der Waals surface area contributed by atoms with Crippen LogP contribution in [-0.4, -0.2) is 24.7 Å². The van der Waals surface area contributed by atoms with Crippen molar-refractivity contribution >= 4 is 11.6 Å². The average molecular weight is 335 g/mol. The number of aryl methyl sites for hydroxylation is 2. The summed E-state index contributed by atoms with van der Waals surface area (Å²) < 4.78 is 11.5. The highest BCUT2D eigenvalue weighted by molar-refractivity contribution is 5.97. The van der Waals surface area contributed by atoms with E-state index in [0.29, 0.717) is 6.42 Å². The molecule has 24 heavy (non-hydrogen) atoms. The van der Waals surface area contributed by atoms with Gasteiger partial charge in [0.2, 0.25) is 0 Å². The van der Waals surface area contributed by atoms with Crippen LogP contribution in [0.3, 0.4) is 0 Å². The van der Waals surface area contributed by atoms with Gasteiger partial charge in [-0.3, -0.25) is 4.79 Å². The minimum Gasteiger partial charge on any atom is -0.490 e. The molecule has 0 bridgehead atoms. The molecule has 0 aliphatic heterocycles. The highest BCUT2D eigenvalue weighted by atomic mass is 16.5. The summed E-state index contributed by atoms with van der Waals surface area (Å²) in [5, 5.41) is 3.00. The van der Waals surface area contributed by atoms with Crippen LogP contribution in [0.5, 0.6) is 5.75 Å². The number of benzene rings is 1. The molecule has 1 rings (SSSR count). The number of carbonyl (C=O) groups is 1. The second-order valence-corrected chi connectivity index (χ2v) is 6.77. The third kappa shape index (κ3) is 5.23. The van der Waals surface area contributed by atoms with Crippen molar-refractivity contribution in [1.29, 1.82) is 0 Å². The van der Waals surface area contributed by atoms with Gasteiger partial charge in [-0.15, -0.1) is 0 Å². The summed E-state index contributed by atoms with van der Waals surface area (Å²) in [6.07, 6.45) is 3.83. The first kappa shape index (κ1) is 20.5. The first-order valence-electron chi connectivity index (χ1n) is 8.91. The largest absolute Gasteiger partial charge is 0.490 e. The molecule has 1 aromatic carbocycles. The van der Waals surface area contributed by atoms with Crippen molar-refractivity contribution in [1.82, 2.24) is 0 Å². The molecule has 0 saturated carbocycles. The fraction of sp³-hybridized carbons (Fsp3) is 0.650. The zero-order chi connectivity index (χ0) is 18.3. The first-order chi connectivity index (χ1) is 11.3. The smallest absolute Gasteiger partial charge is 0.256 e. The molecule has 0 unspecified atom stereocenters. The Bertz CT molecular complexity index is 533. The number of carbonyl (C=O) groups excluding carboxylic acids is 1. The van der Waals surface area contributed by atoms with Gasteiger partial charge in [-0.1, -0.05) is 26.7 Å². The van der Waals surface area contributed by atoms with E-state index >= 15 is 0 Å². The second kappa shape index (κ2) is 9.07. The van der Waals surface area contributed by atoms with Gasteiger partial charge >= 0.3 is 0 Å². The minimum atomic E-state index is -0.802. The third-order valence-corrected chi connectivity index (χ3v) is 4.55. The van der Waals surface area contributed by atoms with E-state index in [4.69, 9.17) is 9.47 Å². The number of anilines is 1. The lowest BCUT2D eigenvalue weighted by molar-refractivity contribution is -0.136. The van der Waals surface area contributed by atoms with Gasteiger partial charge in [0.1, 0.15) is 11.4 Å². The molecule has 0 fully saturated rings. The number of unbranched alkanes of at least 4 members (excludes halogenated alkanes) is 1. The van der Waals surface area contributed by atoms with Gasteiger partial charge in [-0.2, -0.15) is 0 Å². The molecule has 0 radical (unpaired) electrons. The van der Waals surface area contributed by atoms with Gasteiger partial charge in [-0.05, 0) is 63.8 Å². The van der Waals surface area contributed by atoms with Gasteiger partial charge in [0.05, 0.1) is 6.10 Å². The van der Waals surface area contributed by atoms with E-state index in [1.54, 1.807) is 7.11 Å². The number of ether oxygens (including phenoxy) is 2. The van der Waals surface area contributed by atoms with Crippen molar-refractivity contribution in [3.05, 3.63) is 23.3 Å². The Morgan fingerprint density at radius 2 is 1.83 bits per heavy atom. The van der Waals surface area contributed by atoms with Crippen molar-refractivity contribution in [2.45, 2.75) is 78.9 Å². The zero-order valence-electron chi connectivity index (χ0n) is 16.3. The Kier molecular flexibility index (Phi) is 7.74. The van der Waals surface area contributed by atoms with Gasteiger partial charge < -0.3 is 14.8 Å². The van der Waals surface area contributed by atoms with E-state index in [0.717, 1.165) is 41.8 Å². The molecule has 136 valence electrons. The van der Waals surface area contributed by atoms with Crippen LogP contribution >= 0.6 is 0 Å². The van der Waals surface area contributed by atoms with Crippen molar-refractivity contribution in [3.8, 4) is 5.75 Å². The lowest BCUT2D eigenvalue weighted by Gasteiger charge is -2.27. The number of methoxy groups -OCH3 is 1. The van der Waals surface area contributed by atoms with Crippen LogP contribution in [0.1, 0.15) is 64.5 Å². The van der Waals surface area contributed by atoms with Crippen molar-refractivity contribution < 1.29 is 14.3 Å². The molecular formula is C20H33NO3. The van der Waals surface area contributed by atoms with Crippen LogP contribution in [0.4, 0.5) is 5.69 Å². The summed E-state index contributed by atoms with van der Waals surface area (Å²) in [6.45, 7) is 12.1. The maximum absolute atomic E-state index is 12.6. The number of nitrogens with one attached hydrogen (secondary N) is 1. The van der Waals surface area contributed by atoms with E-state index in [2.05, 4.69) is 26.1 Å². The van der Waals surface area contributed by atoms with E-state index in [-0.39, 0.29) is 12.0 Å². The number of hydrogen-bond acceptors (Lipinski definition) is 3. The fourth-order valence-corrected chi connectivity index (χ4v) is 2.58. The molecule has 1 N–H and O–H groups in total. The highest BCUT2D eigenvalue weighted by Crippen LogP contribution is 2.29. The van der Waals surface area contributed by atoms with Crippen molar-refractivity contribution in [2.24, 2.45) is 0 Å². The molecule has 4 heteroatoms. The average Bonchev–Trinajstić information content (AvgIpc) is 2.55. The molecule has 0 saturated heterocycles. The molecule has 0 aliphatic carbocycles. The monoisotopic (exact) mass is 335 g/mol. The summed E-state index contributed by atoms with van der Waals surface area (Å²) in [7, 11) is 1.59. The number of rotatable bonds is 9. The molecule has 1 aromatic rings. The number of hydrogen-bond donors (Lipinski definition) is 1. The Morgan fingerprint density at radius 3 is 2.29 bits per heavy atom. The van der Waals surface area contributed by atoms with Gasteiger partial charge in [0, 0.05) is 12.8 Å². The minimum absolute atomic E-state index is 0.104. The van der Waals surface area contributed by atoms with E-state index < -0.39 is 5.60 Å². The molecule has 0 heterocycles. The maximum atomic E-state index is 12.6. The van der Waals surface area contributed by atoms with E-state index in [1.807, 2.05) is 32.9 Å². The Balaban J connectivity index is 2.94. The quantitative estimate of drug-likeness (QED) is 0.689. The molecule has 0 aliphatic rings. The third-order valence-electron chi connectivity index (χ3n) is 4.55. The fourth-order valence-electron chi connectivity index (χ4n) is 2.58. The summed E-state index contributed by atoms with van der Waals surface area (Å²) in [4.78, 5) is 12.6. The van der Waals surface area contributed by atoms with Crippen LogP contribution in [0.25, 0.3) is 0 Å². The zero-order valence-corrected chi connectivity index (χ0v) is 16.3. The Morgan fingerprint density at radius 1 is 1.25 bits per heavy atom. The van der Waals surface area contributed by atoms with Gasteiger partial charge in [0.25, 0.3) is 5.91 Å². The lowest BCUT2D eigenvalue weighted by Crippen LogP contribution is -2.42. The highest BCUT2D eigenvalue weighted by Gasteiger charge is 2.32. The molecule has 1 amide bonds. The summed E-state index contributed by atoms with van der Waals surface area (Å²) in [6, 6.07) is 3.91. The first-order valence-corrected chi connectivity index (χ1v) is 8.91. The summed E-state index contributed by atoms with van der Waals surface area (Å²) >= 11 is 0. The van der Waals surface area contributed by atoms with Crippen LogP contribution in [0.15, 0.2) is 12.1 Å². The topological polar surface area (TPSA) is 47.6 Å². The number of amides is 1. The van der Waals surface area contributed by atoms with Gasteiger partial charge in [-0.25, -0.2) is 0 Å². The standard InChI is InChI=1S/C20H33NO3/c1-8-10-11-20(6,23-7)19(22)21-17-12-14(3)18(15(4)13-17)24-16(5)9-2/h12-13,16H,8-11H2,1-7H3,(H,21,22)/t16-,20-/m0/s1. The van der Waals surface area contributed by atoms with Crippen LogP contribution in [0, 0.1) is 13.8 Å². The van der Waals surface area contributed by atoms with E-state index in [9.17, 15) is 4.79 Å². The van der Waals surface area contributed by atoms with Crippen LogP contribution in [0.2, 0.25) is 0 Å². The van der Waals surface area contributed by atoms with Crippen molar-refractivity contribution in [2.75, 3.05) is 12.4 Å². The van der Waals surface area contributed by atoms with Gasteiger partial charge in [0.15, 0.2) is 0 Å². The maximum Gasteiger partial charge on any atom is 0.256 e. The predicted octanol–water partition coefficient (Wildman–Crippen LogP) is 5.01.